The van der Waals surface area contributed by atoms with Crippen LogP contribution in [-0.2, 0) is 0 Å². The van der Waals surface area contributed by atoms with Crippen molar-refractivity contribution in [3.8, 4) is 17.5 Å². The number of hydrogen-bond donors (Lipinski definition) is 1. The summed E-state index contributed by atoms with van der Waals surface area (Å²) in [7, 11) is 0. The van der Waals surface area contributed by atoms with Crippen molar-refractivity contribution in [3.05, 3.63) is 75.4 Å². The molecule has 0 saturated carbocycles. The minimum atomic E-state index is -0.554. The fourth-order valence-electron chi connectivity index (χ4n) is 2.83. The largest absolute Gasteiger partial charge is 0.477 e. The van der Waals surface area contributed by atoms with Gasteiger partial charge in [-0.3, -0.25) is 9.36 Å². The van der Waals surface area contributed by atoms with Gasteiger partial charge in [-0.15, -0.1) is 0 Å². The molecule has 0 saturated heterocycles. The molecule has 0 radical (unpaired) electrons. The van der Waals surface area contributed by atoms with Crippen LogP contribution in [0.2, 0.25) is 0 Å². The first-order valence-electron chi connectivity index (χ1n) is 8.55. The monoisotopic (exact) mass is 486 g/mol. The number of nitrogens with one attached hydrogen (secondary N) is 1. The van der Waals surface area contributed by atoms with Crippen molar-refractivity contribution >= 4 is 44.6 Å². The molecule has 2 heterocycles. The van der Waals surface area contributed by atoms with E-state index in [1.807, 2.05) is 18.2 Å². The Morgan fingerprint density at radius 2 is 2.13 bits per heavy atom. The fraction of sp³-hybridized carbons (Fsp3) is 0.0500. The van der Waals surface area contributed by atoms with E-state index in [2.05, 4.69) is 25.8 Å². The first-order valence-corrected chi connectivity index (χ1v) is 10.2. The summed E-state index contributed by atoms with van der Waals surface area (Å²) in [6.07, 6.45) is 1.46. The minimum absolute atomic E-state index is 0.171. The number of hydrogen-bond acceptors (Lipinski definition) is 7. The summed E-state index contributed by atoms with van der Waals surface area (Å²) in [5.41, 5.74) is 0.423. The number of anilines is 1. The van der Waals surface area contributed by atoms with Crippen LogP contribution in [0.25, 0.3) is 16.6 Å². The maximum Gasteiger partial charge on any atom is 0.255 e. The summed E-state index contributed by atoms with van der Waals surface area (Å²) in [4.78, 5) is 13.6. The summed E-state index contributed by atoms with van der Waals surface area (Å²) >= 11 is 4.44. The van der Waals surface area contributed by atoms with Gasteiger partial charge in [0.15, 0.2) is 12.4 Å². The Bertz CT molecular complexity index is 1320. The van der Waals surface area contributed by atoms with Crippen LogP contribution in [0.15, 0.2) is 73.5 Å². The molecule has 4 rings (SSSR count). The second kappa shape index (κ2) is 8.61. The first kappa shape index (κ1) is 20.0. The highest BCUT2D eigenvalue weighted by Crippen LogP contribution is 2.32. The Balaban J connectivity index is 1.79. The summed E-state index contributed by atoms with van der Waals surface area (Å²) in [6, 6.07) is 14.7. The van der Waals surface area contributed by atoms with Crippen molar-refractivity contribution in [2.75, 3.05) is 11.3 Å². The molecular weight excluding hydrogens is 475 g/mol. The molecule has 7 nitrogen and oxygen atoms in total. The molecule has 30 heavy (non-hydrogen) atoms. The van der Waals surface area contributed by atoms with E-state index >= 15 is 0 Å². The van der Waals surface area contributed by atoms with Gasteiger partial charge in [0, 0.05) is 23.1 Å². The molecule has 0 unspecified atom stereocenters. The normalized spacial score (nSPS) is 10.7. The van der Waals surface area contributed by atoms with E-state index in [4.69, 9.17) is 14.5 Å². The second-order valence-electron chi connectivity index (χ2n) is 6.00. The van der Waals surface area contributed by atoms with Crippen molar-refractivity contribution in [1.82, 2.24) is 9.72 Å². The number of benzene rings is 2. The predicted molar refractivity (Wildman–Crippen MR) is 114 cm³/mol. The molecule has 1 N–H and O–H groups in total. The predicted octanol–water partition coefficient (Wildman–Crippen LogP) is 4.90. The van der Waals surface area contributed by atoms with E-state index in [1.54, 1.807) is 18.2 Å². The van der Waals surface area contributed by atoms with E-state index in [1.165, 1.54) is 41.0 Å². The SMILES string of the molecule is N#CCOc1cc(Br)c(F)cc1-n1c(=O)ccc2cc(SNc3ccon3)ccc21. The topological polar surface area (TPSA) is 93.1 Å². The fourth-order valence-corrected chi connectivity index (χ4v) is 3.80. The average molecular weight is 487 g/mol. The van der Waals surface area contributed by atoms with Gasteiger partial charge in [-0.05, 0) is 63.6 Å². The van der Waals surface area contributed by atoms with Crippen molar-refractivity contribution in [2.24, 2.45) is 0 Å². The highest BCUT2D eigenvalue weighted by Gasteiger charge is 2.15. The summed E-state index contributed by atoms with van der Waals surface area (Å²) in [5, 5.41) is 13.4. The van der Waals surface area contributed by atoms with Crippen LogP contribution in [0.4, 0.5) is 10.2 Å². The van der Waals surface area contributed by atoms with E-state index in [0.717, 1.165) is 10.3 Å². The molecule has 0 bridgehead atoms. The maximum atomic E-state index is 14.3. The molecule has 0 fully saturated rings. The summed E-state index contributed by atoms with van der Waals surface area (Å²) in [5.74, 6) is 0.238. The molecule has 10 heteroatoms. The summed E-state index contributed by atoms with van der Waals surface area (Å²) in [6.45, 7) is -0.237. The Morgan fingerprint density at radius 1 is 1.27 bits per heavy atom. The molecule has 0 spiro atoms. The lowest BCUT2D eigenvalue weighted by Gasteiger charge is -2.15. The highest BCUT2D eigenvalue weighted by atomic mass is 79.9. The molecule has 2 aromatic carbocycles. The minimum Gasteiger partial charge on any atom is -0.477 e. The van der Waals surface area contributed by atoms with Crippen LogP contribution in [0.3, 0.4) is 0 Å². The van der Waals surface area contributed by atoms with Gasteiger partial charge in [-0.25, -0.2) is 4.39 Å². The highest BCUT2D eigenvalue weighted by molar-refractivity contribution is 9.10. The Kier molecular flexibility index (Phi) is 5.74. The van der Waals surface area contributed by atoms with E-state index in [-0.39, 0.29) is 28.1 Å². The number of rotatable bonds is 6. The van der Waals surface area contributed by atoms with Crippen LogP contribution in [0, 0.1) is 17.1 Å². The van der Waals surface area contributed by atoms with Crippen molar-refractivity contribution in [3.63, 3.8) is 0 Å². The molecular formula is C20H12BrFN4O3S. The average Bonchev–Trinajstić information content (AvgIpc) is 3.27. The van der Waals surface area contributed by atoms with E-state index in [0.29, 0.717) is 11.3 Å². The number of pyridine rings is 1. The number of ether oxygens (including phenoxy) is 1. The molecule has 0 aliphatic heterocycles. The second-order valence-corrected chi connectivity index (χ2v) is 7.73. The van der Waals surface area contributed by atoms with Crippen LogP contribution in [-0.4, -0.2) is 16.3 Å². The Labute approximate surface area is 182 Å². The Hall–Kier alpha value is -3.29. The third kappa shape index (κ3) is 4.03. The van der Waals surface area contributed by atoms with Gasteiger partial charge in [0.25, 0.3) is 5.56 Å². The van der Waals surface area contributed by atoms with Crippen LogP contribution < -0.4 is 15.0 Å². The third-order valence-corrected chi connectivity index (χ3v) is 5.52. The van der Waals surface area contributed by atoms with Gasteiger partial charge >= 0.3 is 0 Å². The van der Waals surface area contributed by atoms with Crippen molar-refractivity contribution in [1.29, 1.82) is 5.26 Å². The molecule has 0 amide bonds. The van der Waals surface area contributed by atoms with Crippen LogP contribution in [0.1, 0.15) is 0 Å². The van der Waals surface area contributed by atoms with Gasteiger partial charge < -0.3 is 14.0 Å². The number of fused-ring (bicyclic) bond motifs is 1. The molecule has 4 aromatic rings. The van der Waals surface area contributed by atoms with Gasteiger partial charge in [0.05, 0.1) is 15.7 Å². The number of aromatic nitrogens is 2. The lowest BCUT2D eigenvalue weighted by molar-refractivity contribution is 0.365. The Morgan fingerprint density at radius 3 is 2.90 bits per heavy atom. The number of nitrogens with zero attached hydrogens (tertiary/aromatic N) is 3. The zero-order valence-electron chi connectivity index (χ0n) is 15.1. The molecule has 0 atom stereocenters. The summed E-state index contributed by atoms with van der Waals surface area (Å²) < 4.78 is 29.1. The van der Waals surface area contributed by atoms with E-state index < -0.39 is 5.82 Å². The van der Waals surface area contributed by atoms with Gasteiger partial charge in [0.2, 0.25) is 0 Å². The van der Waals surface area contributed by atoms with Crippen molar-refractivity contribution in [2.45, 2.75) is 4.90 Å². The lowest BCUT2D eigenvalue weighted by Crippen LogP contribution is -2.18. The van der Waals surface area contributed by atoms with Crippen molar-refractivity contribution < 1.29 is 13.7 Å². The van der Waals surface area contributed by atoms with Gasteiger partial charge in [-0.2, -0.15) is 5.26 Å². The molecule has 0 aliphatic carbocycles. The third-order valence-electron chi connectivity index (χ3n) is 4.11. The lowest BCUT2D eigenvalue weighted by atomic mass is 10.2. The molecule has 2 aromatic heterocycles. The number of halogens is 2. The van der Waals surface area contributed by atoms with Crippen LogP contribution >= 0.6 is 27.9 Å². The van der Waals surface area contributed by atoms with E-state index in [9.17, 15) is 9.18 Å². The number of nitriles is 1. The first-order chi connectivity index (χ1) is 14.6. The van der Waals surface area contributed by atoms with Crippen LogP contribution in [0.5, 0.6) is 5.75 Å². The quantitative estimate of drug-likeness (QED) is 0.387. The smallest absolute Gasteiger partial charge is 0.255 e. The zero-order chi connectivity index (χ0) is 21.1. The standard InChI is InChI=1S/C20H12BrFN4O3S/c21-14-10-18(28-8-6-23)17(11-15(14)22)26-16-3-2-13(9-12(16)1-4-20(26)27)30-25-19-5-7-29-24-19/h1-5,7,9-11H,8H2,(H,24,25). The molecule has 0 aliphatic rings. The van der Waals surface area contributed by atoms with Gasteiger partial charge in [-0.1, -0.05) is 5.16 Å². The maximum absolute atomic E-state index is 14.3. The van der Waals surface area contributed by atoms with Gasteiger partial charge in [0.1, 0.15) is 23.9 Å². The zero-order valence-corrected chi connectivity index (χ0v) is 17.5. The molecule has 150 valence electrons.